The van der Waals surface area contributed by atoms with Gasteiger partial charge in [0, 0.05) is 5.56 Å². The quantitative estimate of drug-likeness (QED) is 0.326. The van der Waals surface area contributed by atoms with Crippen LogP contribution in [0.4, 0.5) is 30.7 Å². The summed E-state index contributed by atoms with van der Waals surface area (Å²) < 4.78 is 92.6. The number of hydrogen-bond acceptors (Lipinski definition) is 4. The van der Waals surface area contributed by atoms with Crippen molar-refractivity contribution in [3.8, 4) is 11.4 Å². The predicted molar refractivity (Wildman–Crippen MR) is 115 cm³/mol. The second kappa shape index (κ2) is 9.17. The molecule has 0 saturated carbocycles. The van der Waals surface area contributed by atoms with Gasteiger partial charge in [0.05, 0.1) is 45.8 Å². The van der Waals surface area contributed by atoms with E-state index in [4.69, 9.17) is 0 Å². The zero-order valence-corrected chi connectivity index (χ0v) is 18.2. The molecule has 0 bridgehead atoms. The number of rotatable bonds is 4. The van der Waals surface area contributed by atoms with Crippen LogP contribution in [0.25, 0.3) is 22.4 Å². The highest BCUT2D eigenvalue weighted by atomic mass is 19.4. The zero-order chi connectivity index (χ0) is 26.3. The van der Waals surface area contributed by atoms with Crippen molar-refractivity contribution in [3.63, 3.8) is 0 Å². The number of fused-ring (bicyclic) bond motifs is 1. The van der Waals surface area contributed by atoms with Crippen LogP contribution in [0.2, 0.25) is 0 Å². The lowest BCUT2D eigenvalue weighted by Crippen LogP contribution is -2.28. The second-order valence-corrected chi connectivity index (χ2v) is 7.80. The Bertz CT molecular complexity index is 1400. The number of pyridine rings is 1. The van der Waals surface area contributed by atoms with Crippen LogP contribution in [0.5, 0.6) is 0 Å². The molecule has 2 aromatic carbocycles. The molecule has 1 atom stereocenters. The van der Waals surface area contributed by atoms with Gasteiger partial charge in [-0.2, -0.15) is 26.3 Å². The number of carbonyl (C=O) groups excluding carboxylic acids is 1. The SMILES string of the molecule is C[C@H](NC(=O)c1cc(C(F)(F)F)cc(C(F)(F)F)c1)c1nc2ccccc2nc1-c1ccc(F)cn1. The average molecular weight is 508 g/mol. The largest absolute Gasteiger partial charge is 0.416 e. The number of hydrogen-bond donors (Lipinski definition) is 1. The molecule has 2 aromatic heterocycles. The molecule has 4 rings (SSSR count). The van der Waals surface area contributed by atoms with Gasteiger partial charge in [0.25, 0.3) is 5.91 Å². The second-order valence-electron chi connectivity index (χ2n) is 7.80. The molecule has 12 heteroatoms. The first-order chi connectivity index (χ1) is 16.8. The number of nitrogens with one attached hydrogen (secondary N) is 1. The summed E-state index contributed by atoms with van der Waals surface area (Å²) in [6.07, 6.45) is -9.26. The Labute approximate surface area is 199 Å². The van der Waals surface area contributed by atoms with E-state index < -0.39 is 46.8 Å². The molecule has 186 valence electrons. The van der Waals surface area contributed by atoms with Crippen LogP contribution in [0.3, 0.4) is 0 Å². The number of para-hydroxylation sites is 2. The van der Waals surface area contributed by atoms with Gasteiger partial charge < -0.3 is 5.32 Å². The minimum Gasteiger partial charge on any atom is -0.344 e. The minimum absolute atomic E-state index is 0.0622. The Morgan fingerprint density at radius 2 is 1.44 bits per heavy atom. The first-order valence-corrected chi connectivity index (χ1v) is 10.3. The van der Waals surface area contributed by atoms with Gasteiger partial charge in [-0.05, 0) is 49.4 Å². The fraction of sp³-hybridized carbons (Fsp3) is 0.167. The highest BCUT2D eigenvalue weighted by molar-refractivity contribution is 5.95. The molecule has 1 amide bonds. The third kappa shape index (κ3) is 5.26. The molecule has 0 spiro atoms. The Kier molecular flexibility index (Phi) is 6.37. The van der Waals surface area contributed by atoms with Crippen molar-refractivity contribution in [1.82, 2.24) is 20.3 Å². The molecule has 1 N–H and O–H groups in total. The fourth-order valence-electron chi connectivity index (χ4n) is 3.45. The molecular formula is C24H15F7N4O. The van der Waals surface area contributed by atoms with E-state index in [1.807, 2.05) is 0 Å². The minimum atomic E-state index is -5.10. The number of alkyl halides is 6. The number of benzene rings is 2. The summed E-state index contributed by atoms with van der Waals surface area (Å²) >= 11 is 0. The van der Waals surface area contributed by atoms with Crippen LogP contribution in [-0.4, -0.2) is 20.9 Å². The van der Waals surface area contributed by atoms with E-state index in [9.17, 15) is 35.5 Å². The van der Waals surface area contributed by atoms with Crippen LogP contribution in [-0.2, 0) is 12.4 Å². The number of halogens is 7. The maximum Gasteiger partial charge on any atom is 0.416 e. The topological polar surface area (TPSA) is 67.8 Å². The van der Waals surface area contributed by atoms with E-state index >= 15 is 0 Å². The molecule has 0 aliphatic heterocycles. The van der Waals surface area contributed by atoms with Gasteiger partial charge >= 0.3 is 12.4 Å². The normalized spacial score (nSPS) is 13.0. The number of amides is 1. The van der Waals surface area contributed by atoms with Gasteiger partial charge in [0.15, 0.2) is 0 Å². The summed E-state index contributed by atoms with van der Waals surface area (Å²) in [5, 5.41) is 2.38. The first kappa shape index (κ1) is 25.0. The summed E-state index contributed by atoms with van der Waals surface area (Å²) in [6, 6.07) is 8.72. The van der Waals surface area contributed by atoms with Crippen molar-refractivity contribution >= 4 is 16.9 Å². The summed E-state index contributed by atoms with van der Waals surface area (Å²) in [5.41, 5.74) is -2.71. The summed E-state index contributed by atoms with van der Waals surface area (Å²) in [6.45, 7) is 1.43. The Hall–Kier alpha value is -4.09. The van der Waals surface area contributed by atoms with Crippen LogP contribution >= 0.6 is 0 Å². The zero-order valence-electron chi connectivity index (χ0n) is 18.2. The summed E-state index contributed by atoms with van der Waals surface area (Å²) in [4.78, 5) is 25.7. The maximum atomic E-state index is 13.4. The van der Waals surface area contributed by atoms with Crippen molar-refractivity contribution in [3.05, 3.63) is 89.0 Å². The van der Waals surface area contributed by atoms with Gasteiger partial charge in [-0.1, -0.05) is 12.1 Å². The molecule has 0 aliphatic carbocycles. The van der Waals surface area contributed by atoms with Gasteiger partial charge in [0.2, 0.25) is 0 Å². The predicted octanol–water partition coefficient (Wildman–Crippen LogP) is 6.36. The Morgan fingerprint density at radius 1 is 0.861 bits per heavy atom. The molecule has 36 heavy (non-hydrogen) atoms. The lowest BCUT2D eigenvalue weighted by Gasteiger charge is -2.18. The summed E-state index contributed by atoms with van der Waals surface area (Å²) in [5.74, 6) is -1.80. The third-order valence-corrected chi connectivity index (χ3v) is 5.18. The molecular weight excluding hydrogens is 493 g/mol. The van der Waals surface area contributed by atoms with Crippen molar-refractivity contribution in [1.29, 1.82) is 0 Å². The lowest BCUT2D eigenvalue weighted by atomic mass is 10.0. The van der Waals surface area contributed by atoms with Crippen molar-refractivity contribution in [2.75, 3.05) is 0 Å². The van der Waals surface area contributed by atoms with E-state index in [0.29, 0.717) is 23.2 Å². The molecule has 0 saturated heterocycles. The first-order valence-electron chi connectivity index (χ1n) is 10.3. The van der Waals surface area contributed by atoms with Crippen LogP contribution in [0.1, 0.15) is 40.1 Å². The third-order valence-electron chi connectivity index (χ3n) is 5.18. The Morgan fingerprint density at radius 3 is 1.97 bits per heavy atom. The van der Waals surface area contributed by atoms with E-state index in [0.717, 1.165) is 12.3 Å². The van der Waals surface area contributed by atoms with Gasteiger partial charge in [-0.15, -0.1) is 0 Å². The molecule has 2 heterocycles. The van der Waals surface area contributed by atoms with E-state index in [1.54, 1.807) is 24.3 Å². The molecule has 0 unspecified atom stereocenters. The fourth-order valence-corrected chi connectivity index (χ4v) is 3.45. The van der Waals surface area contributed by atoms with Gasteiger partial charge in [-0.25, -0.2) is 14.4 Å². The highest BCUT2D eigenvalue weighted by Gasteiger charge is 2.37. The molecule has 0 aliphatic rings. The Balaban J connectivity index is 1.75. The monoisotopic (exact) mass is 508 g/mol. The van der Waals surface area contributed by atoms with Gasteiger partial charge in [0.1, 0.15) is 11.5 Å². The molecule has 5 nitrogen and oxygen atoms in total. The lowest BCUT2D eigenvalue weighted by molar-refractivity contribution is -0.143. The van der Waals surface area contributed by atoms with E-state index in [1.165, 1.54) is 13.0 Å². The molecule has 4 aromatic rings. The van der Waals surface area contributed by atoms with E-state index in [-0.39, 0.29) is 23.1 Å². The number of nitrogens with zero attached hydrogens (tertiary/aromatic N) is 3. The van der Waals surface area contributed by atoms with Crippen LogP contribution in [0, 0.1) is 5.82 Å². The van der Waals surface area contributed by atoms with Crippen molar-refractivity contribution in [2.45, 2.75) is 25.3 Å². The number of carbonyl (C=O) groups is 1. The van der Waals surface area contributed by atoms with Gasteiger partial charge in [-0.3, -0.25) is 9.78 Å². The average Bonchev–Trinajstić information content (AvgIpc) is 2.82. The molecule has 0 fully saturated rings. The highest BCUT2D eigenvalue weighted by Crippen LogP contribution is 2.36. The number of aromatic nitrogens is 3. The van der Waals surface area contributed by atoms with Crippen LogP contribution in [0.15, 0.2) is 60.8 Å². The molecule has 0 radical (unpaired) electrons. The van der Waals surface area contributed by atoms with Crippen molar-refractivity contribution in [2.24, 2.45) is 0 Å². The smallest absolute Gasteiger partial charge is 0.344 e. The van der Waals surface area contributed by atoms with E-state index in [2.05, 4.69) is 20.3 Å². The summed E-state index contributed by atoms with van der Waals surface area (Å²) in [7, 11) is 0. The van der Waals surface area contributed by atoms with Crippen molar-refractivity contribution < 1.29 is 35.5 Å². The van der Waals surface area contributed by atoms with Crippen LogP contribution < -0.4 is 5.32 Å². The maximum absolute atomic E-state index is 13.4. The standard InChI is InChI=1S/C24H15F7N4O/c1-12(33-22(36)13-8-14(23(26,27)28)10-15(9-13)24(29,30)31)20-21(19-7-6-16(25)11-32-19)35-18-5-3-2-4-17(18)34-20/h2-12H,1H3,(H,33,36)/t12-/m0/s1.